The molecule has 0 saturated carbocycles. The lowest BCUT2D eigenvalue weighted by Gasteiger charge is -2.28. The number of H-pyrrole nitrogens is 1. The van der Waals surface area contributed by atoms with Gasteiger partial charge in [0.1, 0.15) is 5.82 Å². The summed E-state index contributed by atoms with van der Waals surface area (Å²) in [6.07, 6.45) is -4.20. The Kier molecular flexibility index (Phi) is 4.05. The molecule has 2 aromatic carbocycles. The number of aromatic amines is 1. The second-order valence-electron chi connectivity index (χ2n) is 6.39. The van der Waals surface area contributed by atoms with Gasteiger partial charge < -0.3 is 15.2 Å². The molecule has 2 amide bonds. The molecule has 1 aromatic heterocycles. The van der Waals surface area contributed by atoms with Crippen LogP contribution in [0.15, 0.2) is 42.5 Å². The van der Waals surface area contributed by atoms with Gasteiger partial charge in [0.2, 0.25) is 0 Å². The van der Waals surface area contributed by atoms with Crippen molar-refractivity contribution in [1.82, 2.24) is 9.88 Å². The lowest BCUT2D eigenvalue weighted by Crippen LogP contribution is -2.39. The van der Waals surface area contributed by atoms with Gasteiger partial charge in [0, 0.05) is 23.1 Å². The summed E-state index contributed by atoms with van der Waals surface area (Å²) < 4.78 is 53.2. The number of carbonyl (C=O) groups is 1. The maximum Gasteiger partial charge on any atom is 0.418 e. The Balaban J connectivity index is 1.59. The Labute approximate surface area is 151 Å². The number of halogens is 4. The third-order valence-corrected chi connectivity index (χ3v) is 4.72. The van der Waals surface area contributed by atoms with Crippen molar-refractivity contribution in [3.05, 3.63) is 65.1 Å². The maximum atomic E-state index is 13.9. The number of aromatic nitrogens is 1. The molecule has 0 atom stereocenters. The van der Waals surface area contributed by atoms with Gasteiger partial charge in [-0.3, -0.25) is 0 Å². The van der Waals surface area contributed by atoms with Crippen LogP contribution in [-0.2, 0) is 19.1 Å². The standard InChI is InChI=1S/C19H15F4N3O/c20-14-6-3-5-13(19(21,22)23)17(14)25-18(27)26-9-8-12-11-4-1-2-7-15(11)24-16(12)10-26/h1-7,24H,8-10H2,(H,25,27). The fourth-order valence-electron chi connectivity index (χ4n) is 3.44. The quantitative estimate of drug-likeness (QED) is 0.582. The number of rotatable bonds is 1. The summed E-state index contributed by atoms with van der Waals surface area (Å²) in [6.45, 7) is 0.544. The molecule has 2 N–H and O–H groups in total. The van der Waals surface area contributed by atoms with Crippen molar-refractivity contribution in [3.63, 3.8) is 0 Å². The zero-order chi connectivity index (χ0) is 19.2. The number of amides is 2. The van der Waals surface area contributed by atoms with Gasteiger partial charge >= 0.3 is 12.2 Å². The Bertz CT molecular complexity index is 1030. The van der Waals surface area contributed by atoms with Crippen molar-refractivity contribution < 1.29 is 22.4 Å². The molecule has 0 saturated heterocycles. The number of hydrogen-bond donors (Lipinski definition) is 2. The lowest BCUT2D eigenvalue weighted by atomic mass is 10.0. The first kappa shape index (κ1) is 17.4. The SMILES string of the molecule is O=C(Nc1c(F)cccc1C(F)(F)F)N1CCc2c([nH]c3ccccc23)C1. The molecule has 0 spiro atoms. The van der Waals surface area contributed by atoms with E-state index in [2.05, 4.69) is 10.3 Å². The number of benzene rings is 2. The number of fused-ring (bicyclic) bond motifs is 3. The fourth-order valence-corrected chi connectivity index (χ4v) is 3.44. The molecular weight excluding hydrogens is 362 g/mol. The topological polar surface area (TPSA) is 48.1 Å². The van der Waals surface area contributed by atoms with Gasteiger partial charge in [-0.25, -0.2) is 9.18 Å². The summed E-state index contributed by atoms with van der Waals surface area (Å²) in [5.41, 5.74) is 0.813. The smallest absolute Gasteiger partial charge is 0.357 e. The van der Waals surface area contributed by atoms with Gasteiger partial charge in [0.15, 0.2) is 0 Å². The van der Waals surface area contributed by atoms with Crippen LogP contribution in [0.25, 0.3) is 10.9 Å². The number of nitrogens with zero attached hydrogens (tertiary/aromatic N) is 1. The monoisotopic (exact) mass is 377 g/mol. The van der Waals surface area contributed by atoms with Crippen LogP contribution >= 0.6 is 0 Å². The molecule has 3 aromatic rings. The predicted molar refractivity (Wildman–Crippen MR) is 92.8 cm³/mol. The molecule has 0 bridgehead atoms. The minimum Gasteiger partial charge on any atom is -0.357 e. The highest BCUT2D eigenvalue weighted by molar-refractivity contribution is 5.91. The van der Waals surface area contributed by atoms with Gasteiger partial charge in [-0.2, -0.15) is 13.2 Å². The van der Waals surface area contributed by atoms with Crippen LogP contribution in [-0.4, -0.2) is 22.5 Å². The number of carbonyl (C=O) groups excluding carboxylic acids is 1. The largest absolute Gasteiger partial charge is 0.418 e. The minimum atomic E-state index is -4.77. The number of hydrogen-bond acceptors (Lipinski definition) is 1. The molecule has 27 heavy (non-hydrogen) atoms. The van der Waals surface area contributed by atoms with Crippen molar-refractivity contribution in [2.75, 3.05) is 11.9 Å². The highest BCUT2D eigenvalue weighted by Gasteiger charge is 2.36. The van der Waals surface area contributed by atoms with Crippen molar-refractivity contribution in [1.29, 1.82) is 0 Å². The molecule has 140 valence electrons. The third-order valence-electron chi connectivity index (χ3n) is 4.72. The van der Waals surface area contributed by atoms with E-state index in [4.69, 9.17) is 0 Å². The number of nitrogens with one attached hydrogen (secondary N) is 2. The highest BCUT2D eigenvalue weighted by atomic mass is 19.4. The first-order valence-electron chi connectivity index (χ1n) is 8.34. The zero-order valence-electron chi connectivity index (χ0n) is 14.0. The first-order chi connectivity index (χ1) is 12.8. The van der Waals surface area contributed by atoms with E-state index in [-0.39, 0.29) is 6.54 Å². The average molecular weight is 377 g/mol. The van der Waals surface area contributed by atoms with Gasteiger partial charge in [-0.05, 0) is 30.2 Å². The van der Waals surface area contributed by atoms with E-state index in [1.165, 1.54) is 4.90 Å². The lowest BCUT2D eigenvalue weighted by molar-refractivity contribution is -0.137. The van der Waals surface area contributed by atoms with E-state index < -0.39 is 29.3 Å². The third kappa shape index (κ3) is 3.11. The van der Waals surface area contributed by atoms with Crippen LogP contribution in [0.4, 0.5) is 28.0 Å². The molecule has 0 fully saturated rings. The van der Waals surface area contributed by atoms with Gasteiger partial charge in [0.05, 0.1) is 17.8 Å². The van der Waals surface area contributed by atoms with E-state index in [0.717, 1.165) is 40.4 Å². The predicted octanol–water partition coefficient (Wildman–Crippen LogP) is 4.92. The molecule has 4 rings (SSSR count). The summed E-state index contributed by atoms with van der Waals surface area (Å²) in [4.78, 5) is 17.1. The van der Waals surface area contributed by atoms with Crippen LogP contribution < -0.4 is 5.32 Å². The van der Waals surface area contributed by atoms with Crippen LogP contribution in [0.2, 0.25) is 0 Å². The van der Waals surface area contributed by atoms with Crippen LogP contribution in [0.3, 0.4) is 0 Å². The van der Waals surface area contributed by atoms with E-state index in [1.54, 1.807) is 0 Å². The van der Waals surface area contributed by atoms with Gasteiger partial charge in [-0.15, -0.1) is 0 Å². The van der Waals surface area contributed by atoms with E-state index in [9.17, 15) is 22.4 Å². The summed E-state index contributed by atoms with van der Waals surface area (Å²) in [5, 5.41) is 3.17. The van der Waals surface area contributed by atoms with E-state index in [0.29, 0.717) is 13.0 Å². The highest BCUT2D eigenvalue weighted by Crippen LogP contribution is 2.36. The van der Waals surface area contributed by atoms with Crippen molar-refractivity contribution in [3.8, 4) is 0 Å². The van der Waals surface area contributed by atoms with Gasteiger partial charge in [0.25, 0.3) is 0 Å². The van der Waals surface area contributed by atoms with Crippen LogP contribution in [0.1, 0.15) is 16.8 Å². The van der Waals surface area contributed by atoms with E-state index >= 15 is 0 Å². The normalized spacial score (nSPS) is 14.3. The maximum absolute atomic E-state index is 13.9. The Morgan fingerprint density at radius 1 is 1.11 bits per heavy atom. The number of alkyl halides is 3. The van der Waals surface area contributed by atoms with Crippen molar-refractivity contribution in [2.45, 2.75) is 19.1 Å². The molecule has 4 nitrogen and oxygen atoms in total. The molecule has 0 unspecified atom stereocenters. The second-order valence-corrected chi connectivity index (χ2v) is 6.39. The van der Waals surface area contributed by atoms with E-state index in [1.807, 2.05) is 24.3 Å². The number of anilines is 1. The van der Waals surface area contributed by atoms with Gasteiger partial charge in [-0.1, -0.05) is 24.3 Å². The molecule has 2 heterocycles. The summed E-state index contributed by atoms with van der Waals surface area (Å²) >= 11 is 0. The first-order valence-corrected chi connectivity index (χ1v) is 8.34. The van der Waals surface area contributed by atoms with Crippen molar-refractivity contribution >= 4 is 22.6 Å². The number of para-hydroxylation sites is 2. The Morgan fingerprint density at radius 3 is 2.67 bits per heavy atom. The second kappa shape index (κ2) is 6.29. The summed E-state index contributed by atoms with van der Waals surface area (Å²) in [7, 11) is 0. The summed E-state index contributed by atoms with van der Waals surface area (Å²) in [6, 6.07) is 9.54. The molecule has 0 aliphatic carbocycles. The van der Waals surface area contributed by atoms with Crippen LogP contribution in [0, 0.1) is 5.82 Å². The van der Waals surface area contributed by atoms with Crippen molar-refractivity contribution in [2.24, 2.45) is 0 Å². The fraction of sp³-hybridized carbons (Fsp3) is 0.211. The Morgan fingerprint density at radius 2 is 1.89 bits per heavy atom. The Hall–Kier alpha value is -3.03. The molecule has 0 radical (unpaired) electrons. The van der Waals surface area contributed by atoms with Crippen LogP contribution in [0.5, 0.6) is 0 Å². The minimum absolute atomic E-state index is 0.214. The average Bonchev–Trinajstić information content (AvgIpc) is 3.00. The molecular formula is C19H15F4N3O. The number of urea groups is 1. The summed E-state index contributed by atoms with van der Waals surface area (Å²) in [5.74, 6) is -1.12. The molecule has 8 heteroatoms. The zero-order valence-corrected chi connectivity index (χ0v) is 14.0. The molecule has 1 aliphatic rings. The molecule has 1 aliphatic heterocycles.